The van der Waals surface area contributed by atoms with Gasteiger partial charge in [0.05, 0.1) is 28.3 Å². The van der Waals surface area contributed by atoms with E-state index in [0.29, 0.717) is 19.6 Å². The number of hydrogen-bond acceptors (Lipinski definition) is 4. The second kappa shape index (κ2) is 10.3. The number of nitrogens with one attached hydrogen (secondary N) is 1. The molecule has 0 saturated heterocycles. The first-order chi connectivity index (χ1) is 12.4. The molecule has 0 aliphatic rings. The third kappa shape index (κ3) is 9.49. The van der Waals surface area contributed by atoms with Crippen molar-refractivity contribution < 1.29 is 18.5 Å². The zero-order chi connectivity index (χ0) is 20.7. The molecule has 1 aromatic carbocycles. The van der Waals surface area contributed by atoms with Gasteiger partial charge in [0, 0.05) is 12.6 Å². The summed E-state index contributed by atoms with van der Waals surface area (Å²) in [6.45, 7) is 14.0. The van der Waals surface area contributed by atoms with Crippen LogP contribution in [-0.2, 0) is 31.9 Å². The minimum Gasteiger partial charge on any atom is -0.460 e. The minimum atomic E-state index is -1.28. The number of esters is 1. The highest BCUT2D eigenvalue weighted by atomic mass is 32.2. The third-order valence-corrected chi connectivity index (χ3v) is 5.51. The first-order valence-electron chi connectivity index (χ1n) is 9.43. The Labute approximate surface area is 166 Å². The molecule has 0 fully saturated rings. The van der Waals surface area contributed by atoms with Crippen LogP contribution >= 0.6 is 0 Å². The molecule has 0 aliphatic heterocycles. The molecule has 1 rings (SSSR count). The summed E-state index contributed by atoms with van der Waals surface area (Å²) in [5.74, 6) is -0.732. The number of carbonyl (C=O) groups is 1. The van der Waals surface area contributed by atoms with Crippen LogP contribution in [0.25, 0.3) is 0 Å². The van der Waals surface area contributed by atoms with Crippen LogP contribution in [0.15, 0.2) is 30.3 Å². The summed E-state index contributed by atoms with van der Waals surface area (Å²) >= 11 is 0. The summed E-state index contributed by atoms with van der Waals surface area (Å²) in [4.78, 5) is 12.5. The molecule has 0 spiro atoms. The minimum absolute atomic E-state index is 0.296. The van der Waals surface area contributed by atoms with Crippen molar-refractivity contribution in [2.24, 2.45) is 5.92 Å². The van der Waals surface area contributed by atoms with Crippen LogP contribution in [0.1, 0.15) is 60.5 Å². The fourth-order valence-corrected chi connectivity index (χ4v) is 3.21. The average Bonchev–Trinajstić information content (AvgIpc) is 2.55. The second-order valence-corrected chi connectivity index (χ2v) is 10.8. The predicted octanol–water partition coefficient (Wildman–Crippen LogP) is 3.99. The van der Waals surface area contributed by atoms with E-state index in [1.165, 1.54) is 0 Å². The Morgan fingerprint density at radius 2 is 1.70 bits per heavy atom. The smallest absolute Gasteiger partial charge is 0.310 e. The maximum Gasteiger partial charge on any atom is 0.310 e. The van der Waals surface area contributed by atoms with Crippen LogP contribution in [0.5, 0.6) is 0 Å². The van der Waals surface area contributed by atoms with Crippen molar-refractivity contribution in [2.75, 3.05) is 6.61 Å². The summed E-state index contributed by atoms with van der Waals surface area (Å²) in [6.07, 6.45) is 0.565. The van der Waals surface area contributed by atoms with Gasteiger partial charge in [0.25, 0.3) is 0 Å². The van der Waals surface area contributed by atoms with E-state index in [4.69, 9.17) is 9.47 Å². The summed E-state index contributed by atoms with van der Waals surface area (Å²) in [6, 6.07) is 9.63. The molecule has 2 unspecified atom stereocenters. The summed E-state index contributed by atoms with van der Waals surface area (Å²) in [5, 5.41) is 0. The van der Waals surface area contributed by atoms with Gasteiger partial charge in [-0.05, 0) is 53.5 Å². The molecule has 1 aromatic rings. The molecule has 3 atom stereocenters. The Morgan fingerprint density at radius 1 is 1.11 bits per heavy atom. The van der Waals surface area contributed by atoms with Crippen molar-refractivity contribution in [3.05, 3.63) is 35.9 Å². The maximum atomic E-state index is 12.5. The van der Waals surface area contributed by atoms with Gasteiger partial charge in [-0.15, -0.1) is 0 Å². The van der Waals surface area contributed by atoms with Crippen molar-refractivity contribution >= 4 is 17.0 Å². The highest BCUT2D eigenvalue weighted by Gasteiger charge is 2.31. The van der Waals surface area contributed by atoms with E-state index in [1.807, 2.05) is 78.8 Å². The Kier molecular flexibility index (Phi) is 9.12. The van der Waals surface area contributed by atoms with Gasteiger partial charge in [-0.25, -0.2) is 8.93 Å². The Hall–Kier alpha value is -1.24. The summed E-state index contributed by atoms with van der Waals surface area (Å²) in [5.41, 5.74) is 0.545. The lowest BCUT2D eigenvalue weighted by atomic mass is 10.00. The molecule has 0 bridgehead atoms. The largest absolute Gasteiger partial charge is 0.460 e. The van der Waals surface area contributed by atoms with Crippen molar-refractivity contribution in [1.82, 2.24) is 4.72 Å². The van der Waals surface area contributed by atoms with Crippen LogP contribution in [0.3, 0.4) is 0 Å². The van der Waals surface area contributed by atoms with Gasteiger partial charge in [0.15, 0.2) is 0 Å². The lowest BCUT2D eigenvalue weighted by molar-refractivity contribution is -0.160. The van der Waals surface area contributed by atoms with Crippen LogP contribution in [-0.4, -0.2) is 33.2 Å². The molecule has 6 heteroatoms. The van der Waals surface area contributed by atoms with Crippen LogP contribution in [0.2, 0.25) is 0 Å². The number of ether oxygens (including phenoxy) is 2. The van der Waals surface area contributed by atoms with E-state index >= 15 is 0 Å². The Balaban J connectivity index is 2.69. The maximum absolute atomic E-state index is 12.5. The number of rotatable bonds is 9. The standard InChI is InChI=1S/C21H35NO4S/c1-16(19(23)26-20(2,3)4)18(22-27(24)21(5,6)7)13-14-25-15-17-11-9-8-10-12-17/h8-12,16,18,22H,13-15H2,1-7H3/t16?,18?,27-/m1/s1. The van der Waals surface area contributed by atoms with Gasteiger partial charge >= 0.3 is 5.97 Å². The normalized spacial score (nSPS) is 15.8. The monoisotopic (exact) mass is 397 g/mol. The topological polar surface area (TPSA) is 64.6 Å². The molecule has 0 amide bonds. The van der Waals surface area contributed by atoms with Gasteiger partial charge < -0.3 is 9.47 Å². The zero-order valence-electron chi connectivity index (χ0n) is 17.7. The number of carbonyl (C=O) groups excluding carboxylic acids is 1. The molecule has 27 heavy (non-hydrogen) atoms. The van der Waals surface area contributed by atoms with Crippen molar-refractivity contribution in [2.45, 2.75) is 77.9 Å². The molecular formula is C21H35NO4S. The molecule has 0 saturated carbocycles. The number of benzene rings is 1. The van der Waals surface area contributed by atoms with E-state index in [-0.39, 0.29) is 12.0 Å². The molecule has 0 heterocycles. The van der Waals surface area contributed by atoms with E-state index in [9.17, 15) is 9.00 Å². The number of hydrogen-bond donors (Lipinski definition) is 1. The van der Waals surface area contributed by atoms with Gasteiger partial charge in [-0.1, -0.05) is 37.3 Å². The van der Waals surface area contributed by atoms with Crippen molar-refractivity contribution in [3.63, 3.8) is 0 Å². The van der Waals surface area contributed by atoms with Crippen LogP contribution in [0.4, 0.5) is 0 Å². The molecule has 0 aromatic heterocycles. The highest BCUT2D eigenvalue weighted by Crippen LogP contribution is 2.18. The van der Waals surface area contributed by atoms with E-state index < -0.39 is 27.3 Å². The molecule has 1 N–H and O–H groups in total. The molecule has 154 valence electrons. The first-order valence-corrected chi connectivity index (χ1v) is 10.6. The molecule has 0 radical (unpaired) electrons. The molecular weight excluding hydrogens is 362 g/mol. The average molecular weight is 398 g/mol. The van der Waals surface area contributed by atoms with E-state index in [2.05, 4.69) is 4.72 Å². The van der Waals surface area contributed by atoms with Crippen LogP contribution in [0, 0.1) is 5.92 Å². The lowest BCUT2D eigenvalue weighted by Gasteiger charge is -2.29. The highest BCUT2D eigenvalue weighted by molar-refractivity contribution is 7.84. The van der Waals surface area contributed by atoms with Gasteiger partial charge in [-0.2, -0.15) is 0 Å². The summed E-state index contributed by atoms with van der Waals surface area (Å²) < 4.78 is 26.5. The van der Waals surface area contributed by atoms with Gasteiger partial charge in [0.2, 0.25) is 0 Å². The fraction of sp³-hybridized carbons (Fsp3) is 0.667. The van der Waals surface area contributed by atoms with Crippen molar-refractivity contribution in [1.29, 1.82) is 0 Å². The lowest BCUT2D eigenvalue weighted by Crippen LogP contribution is -2.46. The summed E-state index contributed by atoms with van der Waals surface area (Å²) in [7, 11) is -1.28. The quantitative estimate of drug-likeness (QED) is 0.505. The van der Waals surface area contributed by atoms with Gasteiger partial charge in [-0.3, -0.25) is 4.79 Å². The van der Waals surface area contributed by atoms with Crippen molar-refractivity contribution in [3.8, 4) is 0 Å². The first kappa shape index (κ1) is 23.8. The SMILES string of the molecule is CC(C(=O)OC(C)(C)C)C(CCOCc1ccccc1)N[S@](=O)C(C)(C)C. The molecule has 5 nitrogen and oxygen atoms in total. The fourth-order valence-electron chi connectivity index (χ4n) is 2.26. The predicted molar refractivity (Wildman–Crippen MR) is 111 cm³/mol. The van der Waals surface area contributed by atoms with Gasteiger partial charge in [0.1, 0.15) is 5.60 Å². The third-order valence-electron chi connectivity index (χ3n) is 3.88. The van der Waals surface area contributed by atoms with Crippen LogP contribution < -0.4 is 4.72 Å². The van der Waals surface area contributed by atoms with E-state index in [1.54, 1.807) is 0 Å². The second-order valence-electron chi connectivity index (χ2n) is 8.75. The van der Waals surface area contributed by atoms with E-state index in [0.717, 1.165) is 5.56 Å². The Morgan fingerprint density at radius 3 is 2.22 bits per heavy atom. The zero-order valence-corrected chi connectivity index (χ0v) is 18.5. The Bertz CT molecular complexity index is 605. The molecule has 0 aliphatic carbocycles.